The molecule has 2 aromatic rings. The number of fused-ring (bicyclic) bond motifs is 1. The first-order valence-corrected chi connectivity index (χ1v) is 9.40. The third-order valence-electron chi connectivity index (χ3n) is 4.80. The van der Waals surface area contributed by atoms with Gasteiger partial charge in [-0.15, -0.1) is 0 Å². The van der Waals surface area contributed by atoms with Gasteiger partial charge >= 0.3 is 6.03 Å². The number of amides is 3. The Morgan fingerprint density at radius 2 is 1.79 bits per heavy atom. The van der Waals surface area contributed by atoms with Crippen molar-refractivity contribution in [2.75, 3.05) is 38.3 Å². The van der Waals surface area contributed by atoms with E-state index in [1.807, 2.05) is 31.2 Å². The second kappa shape index (κ2) is 7.59. The number of piperazine rings is 1. The molecule has 0 aliphatic carbocycles. The lowest BCUT2D eigenvalue weighted by molar-refractivity contribution is 0.0671. The number of carbonyl (C=O) groups is 2. The van der Waals surface area contributed by atoms with E-state index < -0.39 is 0 Å². The molecule has 2 aromatic carbocycles. The molecule has 1 fully saturated rings. The number of urea groups is 1. The van der Waals surface area contributed by atoms with Crippen molar-refractivity contribution in [2.24, 2.45) is 0 Å². The van der Waals surface area contributed by atoms with Crippen LogP contribution in [0.1, 0.15) is 15.9 Å². The largest absolute Gasteiger partial charge is 0.454 e. The molecule has 3 amide bonds. The molecule has 2 heterocycles. The zero-order chi connectivity index (χ0) is 19.7. The van der Waals surface area contributed by atoms with Gasteiger partial charge in [-0.25, -0.2) is 4.79 Å². The van der Waals surface area contributed by atoms with E-state index in [0.717, 1.165) is 11.3 Å². The standard InChI is InChI=1S/C20H20ClN3O4/c1-13-3-2-4-15(9-13)22-20(26)24-7-5-23(6-8-24)19(25)14-10-16(21)18-17(11-14)27-12-28-18/h2-4,9-11H,5-8,12H2,1H3,(H,22,26). The van der Waals surface area contributed by atoms with Crippen molar-refractivity contribution >= 4 is 29.2 Å². The summed E-state index contributed by atoms with van der Waals surface area (Å²) in [6.07, 6.45) is 0. The number of carbonyl (C=O) groups excluding carboxylic acids is 2. The molecule has 7 nitrogen and oxygen atoms in total. The topological polar surface area (TPSA) is 71.1 Å². The smallest absolute Gasteiger partial charge is 0.321 e. The summed E-state index contributed by atoms with van der Waals surface area (Å²) in [6.45, 7) is 3.89. The molecule has 0 unspecified atom stereocenters. The normalized spacial score (nSPS) is 15.5. The highest BCUT2D eigenvalue weighted by molar-refractivity contribution is 6.32. The fourth-order valence-corrected chi connectivity index (χ4v) is 3.58. The van der Waals surface area contributed by atoms with E-state index in [-0.39, 0.29) is 18.7 Å². The summed E-state index contributed by atoms with van der Waals surface area (Å²) >= 11 is 6.17. The Morgan fingerprint density at radius 1 is 1.04 bits per heavy atom. The number of benzene rings is 2. The number of nitrogens with one attached hydrogen (secondary N) is 1. The van der Waals surface area contributed by atoms with Gasteiger partial charge in [-0.1, -0.05) is 23.7 Å². The van der Waals surface area contributed by atoms with Gasteiger partial charge in [-0.05, 0) is 36.8 Å². The molecule has 2 aliphatic heterocycles. The third-order valence-corrected chi connectivity index (χ3v) is 5.08. The maximum Gasteiger partial charge on any atom is 0.321 e. The highest BCUT2D eigenvalue weighted by Gasteiger charge is 2.27. The van der Waals surface area contributed by atoms with Crippen molar-refractivity contribution in [3.63, 3.8) is 0 Å². The fraction of sp³-hybridized carbons (Fsp3) is 0.300. The molecule has 0 radical (unpaired) electrons. The summed E-state index contributed by atoms with van der Waals surface area (Å²) in [5.41, 5.74) is 2.29. The van der Waals surface area contributed by atoms with Gasteiger partial charge in [0.2, 0.25) is 6.79 Å². The second-order valence-corrected chi connectivity index (χ2v) is 7.18. The van der Waals surface area contributed by atoms with E-state index in [2.05, 4.69) is 5.32 Å². The number of rotatable bonds is 2. The van der Waals surface area contributed by atoms with Crippen molar-refractivity contribution in [1.29, 1.82) is 0 Å². The highest BCUT2D eigenvalue weighted by atomic mass is 35.5. The van der Waals surface area contributed by atoms with Crippen LogP contribution in [0.25, 0.3) is 0 Å². The van der Waals surface area contributed by atoms with Crippen LogP contribution in [0.15, 0.2) is 36.4 Å². The van der Waals surface area contributed by atoms with Crippen LogP contribution in [0.5, 0.6) is 11.5 Å². The molecule has 1 saturated heterocycles. The van der Waals surface area contributed by atoms with E-state index >= 15 is 0 Å². The van der Waals surface area contributed by atoms with Crippen molar-refractivity contribution < 1.29 is 19.1 Å². The van der Waals surface area contributed by atoms with Gasteiger partial charge in [-0.3, -0.25) is 4.79 Å². The third kappa shape index (κ3) is 3.71. The van der Waals surface area contributed by atoms with E-state index in [1.54, 1.807) is 21.9 Å². The van der Waals surface area contributed by atoms with Crippen molar-refractivity contribution in [3.05, 3.63) is 52.5 Å². The Bertz CT molecular complexity index is 926. The zero-order valence-corrected chi connectivity index (χ0v) is 16.2. The molecular formula is C20H20ClN3O4. The lowest BCUT2D eigenvalue weighted by Gasteiger charge is -2.34. The SMILES string of the molecule is Cc1cccc(NC(=O)N2CCN(C(=O)c3cc(Cl)c4c(c3)OCO4)CC2)c1. The van der Waals surface area contributed by atoms with Crippen LogP contribution in [-0.4, -0.2) is 54.7 Å². The molecule has 1 N–H and O–H groups in total. The number of halogens is 1. The van der Waals surface area contributed by atoms with E-state index in [0.29, 0.717) is 48.3 Å². The van der Waals surface area contributed by atoms with E-state index in [9.17, 15) is 9.59 Å². The van der Waals surface area contributed by atoms with Crippen LogP contribution in [0, 0.1) is 6.92 Å². The molecule has 0 atom stereocenters. The minimum Gasteiger partial charge on any atom is -0.454 e. The molecule has 8 heteroatoms. The minimum atomic E-state index is -0.163. The summed E-state index contributed by atoms with van der Waals surface area (Å²) in [7, 11) is 0. The summed E-state index contributed by atoms with van der Waals surface area (Å²) in [6, 6.07) is 10.7. The Labute approximate surface area is 167 Å². The number of aryl methyl sites for hydroxylation is 1. The first-order valence-electron chi connectivity index (χ1n) is 9.02. The summed E-state index contributed by atoms with van der Waals surface area (Å²) in [5, 5.41) is 3.26. The molecule has 0 bridgehead atoms. The predicted molar refractivity (Wildman–Crippen MR) is 105 cm³/mol. The van der Waals surface area contributed by atoms with Gasteiger partial charge < -0.3 is 24.6 Å². The number of nitrogens with zero attached hydrogens (tertiary/aromatic N) is 2. The van der Waals surface area contributed by atoms with Crippen molar-refractivity contribution in [1.82, 2.24) is 9.80 Å². The molecule has 2 aliphatic rings. The average molecular weight is 402 g/mol. The van der Waals surface area contributed by atoms with Gasteiger partial charge in [0.25, 0.3) is 5.91 Å². The Morgan fingerprint density at radius 3 is 2.54 bits per heavy atom. The van der Waals surface area contributed by atoms with Crippen LogP contribution in [0.4, 0.5) is 10.5 Å². The van der Waals surface area contributed by atoms with Crippen molar-refractivity contribution in [3.8, 4) is 11.5 Å². The fourth-order valence-electron chi connectivity index (χ4n) is 3.31. The van der Waals surface area contributed by atoms with Crippen LogP contribution in [0.2, 0.25) is 5.02 Å². The number of anilines is 1. The molecular weight excluding hydrogens is 382 g/mol. The van der Waals surface area contributed by atoms with E-state index in [4.69, 9.17) is 21.1 Å². The first kappa shape index (κ1) is 18.4. The second-order valence-electron chi connectivity index (χ2n) is 6.77. The van der Waals surface area contributed by atoms with Crippen LogP contribution in [0.3, 0.4) is 0 Å². The first-order chi connectivity index (χ1) is 13.5. The van der Waals surface area contributed by atoms with Gasteiger partial charge in [0.1, 0.15) is 0 Å². The lowest BCUT2D eigenvalue weighted by atomic mass is 10.1. The molecule has 4 rings (SSSR count). The zero-order valence-electron chi connectivity index (χ0n) is 15.4. The number of hydrogen-bond donors (Lipinski definition) is 1. The molecule has 146 valence electrons. The van der Waals surface area contributed by atoms with E-state index in [1.165, 1.54) is 0 Å². The monoisotopic (exact) mass is 401 g/mol. The van der Waals surface area contributed by atoms with Gasteiger partial charge in [0.15, 0.2) is 11.5 Å². The van der Waals surface area contributed by atoms with Crippen molar-refractivity contribution in [2.45, 2.75) is 6.92 Å². The van der Waals surface area contributed by atoms with Gasteiger partial charge in [0, 0.05) is 37.4 Å². The van der Waals surface area contributed by atoms with Crippen LogP contribution >= 0.6 is 11.6 Å². The summed E-state index contributed by atoms with van der Waals surface area (Å²) in [5.74, 6) is 0.807. The molecule has 28 heavy (non-hydrogen) atoms. The van der Waals surface area contributed by atoms with Gasteiger partial charge in [0.05, 0.1) is 5.02 Å². The van der Waals surface area contributed by atoms with Crippen LogP contribution < -0.4 is 14.8 Å². The average Bonchev–Trinajstić information content (AvgIpc) is 3.17. The molecule has 0 aromatic heterocycles. The Kier molecular flexibility index (Phi) is 5.00. The Hall–Kier alpha value is -2.93. The maximum absolute atomic E-state index is 12.8. The number of hydrogen-bond acceptors (Lipinski definition) is 4. The predicted octanol–water partition coefficient (Wildman–Crippen LogP) is 3.37. The molecule has 0 spiro atoms. The van der Waals surface area contributed by atoms with Crippen LogP contribution in [-0.2, 0) is 0 Å². The maximum atomic E-state index is 12.8. The Balaban J connectivity index is 1.37. The minimum absolute atomic E-state index is 0.0986. The quantitative estimate of drug-likeness (QED) is 0.837. The number of ether oxygens (including phenoxy) is 2. The summed E-state index contributed by atoms with van der Waals surface area (Å²) in [4.78, 5) is 28.7. The lowest BCUT2D eigenvalue weighted by Crippen LogP contribution is -2.51. The summed E-state index contributed by atoms with van der Waals surface area (Å²) < 4.78 is 10.6. The van der Waals surface area contributed by atoms with Gasteiger partial charge in [-0.2, -0.15) is 0 Å². The molecule has 0 saturated carbocycles. The highest BCUT2D eigenvalue weighted by Crippen LogP contribution is 2.40.